The van der Waals surface area contributed by atoms with Gasteiger partial charge in [-0.15, -0.1) is 0 Å². The number of hydrogen-bond acceptors (Lipinski definition) is 6. The molecule has 6 heteroatoms. The van der Waals surface area contributed by atoms with E-state index in [0.717, 1.165) is 28.1 Å². The summed E-state index contributed by atoms with van der Waals surface area (Å²) in [6.07, 6.45) is 1.52. The van der Waals surface area contributed by atoms with Gasteiger partial charge >= 0.3 is 0 Å². The minimum atomic E-state index is 0.590. The predicted molar refractivity (Wildman–Crippen MR) is 109 cm³/mol. The zero-order chi connectivity index (χ0) is 19.3. The van der Waals surface area contributed by atoms with E-state index in [1.165, 1.54) is 6.33 Å². The number of nitrogens with zero attached hydrogens (tertiary/aromatic N) is 2. The second kappa shape index (κ2) is 7.84. The van der Waals surface area contributed by atoms with Crippen molar-refractivity contribution in [2.24, 2.45) is 0 Å². The fourth-order valence-electron chi connectivity index (χ4n) is 2.93. The molecule has 0 bridgehead atoms. The molecule has 0 fully saturated rings. The van der Waals surface area contributed by atoms with Crippen LogP contribution in [-0.2, 0) is 0 Å². The van der Waals surface area contributed by atoms with Gasteiger partial charge in [-0.1, -0.05) is 18.2 Å². The molecule has 1 heterocycles. The average molecular weight is 373 g/mol. The molecule has 0 saturated heterocycles. The maximum atomic E-state index is 5.83. The van der Waals surface area contributed by atoms with Crippen molar-refractivity contribution in [2.75, 3.05) is 19.5 Å². The lowest BCUT2D eigenvalue weighted by atomic mass is 10.2. The van der Waals surface area contributed by atoms with E-state index in [2.05, 4.69) is 15.3 Å². The molecule has 0 atom stereocenters. The molecule has 1 aromatic heterocycles. The van der Waals surface area contributed by atoms with Crippen molar-refractivity contribution in [1.29, 1.82) is 0 Å². The van der Waals surface area contributed by atoms with E-state index in [1.54, 1.807) is 14.2 Å². The Bertz CT molecular complexity index is 1080. The summed E-state index contributed by atoms with van der Waals surface area (Å²) in [7, 11) is 3.20. The molecule has 0 aliphatic heterocycles. The van der Waals surface area contributed by atoms with Crippen molar-refractivity contribution in [3.8, 4) is 23.0 Å². The van der Waals surface area contributed by atoms with Crippen molar-refractivity contribution < 1.29 is 14.2 Å². The van der Waals surface area contributed by atoms with Gasteiger partial charge in [-0.3, -0.25) is 0 Å². The van der Waals surface area contributed by atoms with Crippen LogP contribution < -0.4 is 19.5 Å². The molecule has 0 spiro atoms. The molecular formula is C22H19N3O3. The lowest BCUT2D eigenvalue weighted by Gasteiger charge is -2.14. The molecule has 4 aromatic rings. The average Bonchev–Trinajstić information content (AvgIpc) is 2.75. The van der Waals surface area contributed by atoms with Gasteiger partial charge in [0.05, 0.1) is 25.1 Å². The van der Waals surface area contributed by atoms with E-state index in [1.807, 2.05) is 66.7 Å². The molecule has 28 heavy (non-hydrogen) atoms. The zero-order valence-corrected chi connectivity index (χ0v) is 15.5. The molecule has 0 amide bonds. The van der Waals surface area contributed by atoms with Crippen molar-refractivity contribution in [3.05, 3.63) is 73.1 Å². The van der Waals surface area contributed by atoms with Gasteiger partial charge in [0, 0.05) is 5.69 Å². The van der Waals surface area contributed by atoms with Crippen LogP contribution in [0.1, 0.15) is 0 Å². The Labute approximate surface area is 162 Å². The monoisotopic (exact) mass is 373 g/mol. The van der Waals surface area contributed by atoms with Crippen LogP contribution in [0.5, 0.6) is 23.0 Å². The molecule has 3 aromatic carbocycles. The van der Waals surface area contributed by atoms with Gasteiger partial charge in [0.15, 0.2) is 11.5 Å². The van der Waals surface area contributed by atoms with Crippen molar-refractivity contribution in [2.45, 2.75) is 0 Å². The zero-order valence-electron chi connectivity index (χ0n) is 15.5. The van der Waals surface area contributed by atoms with Crippen LogP contribution in [0.25, 0.3) is 10.9 Å². The highest BCUT2D eigenvalue weighted by atomic mass is 16.5. The van der Waals surface area contributed by atoms with Crippen LogP contribution in [0.4, 0.5) is 11.5 Å². The van der Waals surface area contributed by atoms with Gasteiger partial charge in [-0.05, 0) is 48.5 Å². The third kappa shape index (κ3) is 3.53. The molecular weight excluding hydrogens is 354 g/mol. The number of anilines is 2. The smallest absolute Gasteiger partial charge is 0.173 e. The summed E-state index contributed by atoms with van der Waals surface area (Å²) in [4.78, 5) is 8.71. The van der Waals surface area contributed by atoms with E-state index in [0.29, 0.717) is 17.3 Å². The van der Waals surface area contributed by atoms with Crippen molar-refractivity contribution >= 4 is 22.4 Å². The first kappa shape index (κ1) is 17.6. The van der Waals surface area contributed by atoms with Gasteiger partial charge in [-0.2, -0.15) is 0 Å². The first-order valence-electron chi connectivity index (χ1n) is 8.74. The van der Waals surface area contributed by atoms with Crippen LogP contribution in [-0.4, -0.2) is 24.2 Å². The first-order valence-corrected chi connectivity index (χ1v) is 8.74. The van der Waals surface area contributed by atoms with Gasteiger partial charge < -0.3 is 19.5 Å². The lowest BCUT2D eigenvalue weighted by Crippen LogP contribution is -1.99. The highest BCUT2D eigenvalue weighted by Gasteiger charge is 2.15. The van der Waals surface area contributed by atoms with Gasteiger partial charge in [0.2, 0.25) is 0 Å². The fraction of sp³-hybridized carbons (Fsp3) is 0.0909. The second-order valence-corrected chi connectivity index (χ2v) is 5.98. The summed E-state index contributed by atoms with van der Waals surface area (Å²) in [6.45, 7) is 0. The third-order valence-electron chi connectivity index (χ3n) is 4.24. The number of rotatable bonds is 6. The Morgan fingerprint density at radius 2 is 1.50 bits per heavy atom. The van der Waals surface area contributed by atoms with Crippen LogP contribution in [0.15, 0.2) is 73.1 Å². The molecule has 0 unspecified atom stereocenters. The number of ether oxygens (including phenoxy) is 3. The molecule has 0 radical (unpaired) electrons. The minimum absolute atomic E-state index is 0.590. The van der Waals surface area contributed by atoms with Crippen molar-refractivity contribution in [3.63, 3.8) is 0 Å². The van der Waals surface area contributed by atoms with Gasteiger partial charge in [0.25, 0.3) is 0 Å². The molecule has 140 valence electrons. The van der Waals surface area contributed by atoms with E-state index < -0.39 is 0 Å². The molecule has 6 nitrogen and oxygen atoms in total. The number of aromatic nitrogens is 2. The Kier molecular flexibility index (Phi) is 4.93. The van der Waals surface area contributed by atoms with E-state index in [4.69, 9.17) is 14.2 Å². The number of nitrogens with one attached hydrogen (secondary N) is 1. The molecule has 0 aliphatic carbocycles. The maximum absolute atomic E-state index is 5.83. The molecule has 0 aliphatic rings. The number of hydrogen-bond donors (Lipinski definition) is 1. The van der Waals surface area contributed by atoms with Gasteiger partial charge in [-0.25, -0.2) is 9.97 Å². The van der Waals surface area contributed by atoms with E-state index >= 15 is 0 Å². The highest BCUT2D eigenvalue weighted by Crippen LogP contribution is 2.38. The summed E-state index contributed by atoms with van der Waals surface area (Å²) < 4.78 is 16.8. The largest absolute Gasteiger partial charge is 0.493 e. The summed E-state index contributed by atoms with van der Waals surface area (Å²) in [6, 6.07) is 21.0. The Morgan fingerprint density at radius 3 is 2.21 bits per heavy atom. The summed E-state index contributed by atoms with van der Waals surface area (Å²) in [5.74, 6) is 3.40. The maximum Gasteiger partial charge on any atom is 0.173 e. The van der Waals surface area contributed by atoms with Gasteiger partial charge in [0.1, 0.15) is 23.6 Å². The summed E-state index contributed by atoms with van der Waals surface area (Å²) >= 11 is 0. The number of fused-ring (bicyclic) bond motifs is 1. The van der Waals surface area contributed by atoms with Crippen molar-refractivity contribution in [1.82, 2.24) is 9.97 Å². The molecule has 4 rings (SSSR count). The Balaban J connectivity index is 1.63. The Morgan fingerprint density at radius 1 is 0.750 bits per heavy atom. The standard InChI is InChI=1S/C22H19N3O3/c1-26-19-13-12-18-20(21(19)27-2)22(24-14-23-18)25-15-8-10-17(11-9-15)28-16-6-4-3-5-7-16/h3-14H,1-2H3,(H,23,24,25). The molecule has 1 N–H and O–H groups in total. The first-order chi connectivity index (χ1) is 13.8. The number of benzene rings is 3. The third-order valence-corrected chi connectivity index (χ3v) is 4.24. The van der Waals surface area contributed by atoms with Crippen LogP contribution >= 0.6 is 0 Å². The Hall–Kier alpha value is -3.80. The topological polar surface area (TPSA) is 65.5 Å². The lowest BCUT2D eigenvalue weighted by molar-refractivity contribution is 0.358. The molecule has 0 saturated carbocycles. The normalized spacial score (nSPS) is 10.5. The minimum Gasteiger partial charge on any atom is -0.493 e. The van der Waals surface area contributed by atoms with Crippen LogP contribution in [0.2, 0.25) is 0 Å². The summed E-state index contributed by atoms with van der Waals surface area (Å²) in [5.41, 5.74) is 1.63. The van der Waals surface area contributed by atoms with E-state index in [9.17, 15) is 0 Å². The number of methoxy groups -OCH3 is 2. The van der Waals surface area contributed by atoms with Crippen LogP contribution in [0.3, 0.4) is 0 Å². The predicted octanol–water partition coefficient (Wildman–Crippen LogP) is 5.18. The summed E-state index contributed by atoms with van der Waals surface area (Å²) in [5, 5.41) is 4.08. The fourth-order valence-corrected chi connectivity index (χ4v) is 2.93. The van der Waals surface area contributed by atoms with Crippen LogP contribution in [0, 0.1) is 0 Å². The number of para-hydroxylation sites is 1. The second-order valence-electron chi connectivity index (χ2n) is 5.98. The van der Waals surface area contributed by atoms with E-state index in [-0.39, 0.29) is 0 Å². The quantitative estimate of drug-likeness (QED) is 0.502. The highest BCUT2D eigenvalue weighted by molar-refractivity contribution is 5.97. The SMILES string of the molecule is COc1ccc2ncnc(Nc3ccc(Oc4ccccc4)cc3)c2c1OC.